The average Bonchev–Trinajstić information content (AvgIpc) is 3.35. The lowest BCUT2D eigenvalue weighted by Gasteiger charge is -2.08. The van der Waals surface area contributed by atoms with Crippen molar-refractivity contribution in [1.29, 1.82) is 0 Å². The third-order valence-electron chi connectivity index (χ3n) is 5.55. The fourth-order valence-corrected chi connectivity index (χ4v) is 3.78. The van der Waals surface area contributed by atoms with E-state index >= 15 is 0 Å². The highest BCUT2D eigenvalue weighted by atomic mass is 16.6. The molecule has 1 heterocycles. The van der Waals surface area contributed by atoms with E-state index in [2.05, 4.69) is 13.8 Å². The second-order valence-electron chi connectivity index (χ2n) is 7.90. The minimum atomic E-state index is -0.671. The molecule has 0 aromatic rings. The first-order chi connectivity index (χ1) is 12.2. The van der Waals surface area contributed by atoms with Crippen LogP contribution in [-0.2, 0) is 9.53 Å². The van der Waals surface area contributed by atoms with E-state index in [4.69, 9.17) is 4.74 Å². The number of carbonyl (C=O) groups is 1. The molecule has 0 amide bonds. The molecule has 3 atom stereocenters. The summed E-state index contributed by atoms with van der Waals surface area (Å²) >= 11 is 0. The van der Waals surface area contributed by atoms with Crippen molar-refractivity contribution < 1.29 is 14.6 Å². The van der Waals surface area contributed by atoms with Gasteiger partial charge < -0.3 is 9.84 Å². The summed E-state index contributed by atoms with van der Waals surface area (Å²) in [5.41, 5.74) is 0. The van der Waals surface area contributed by atoms with E-state index in [0.717, 1.165) is 25.7 Å². The number of unbranched alkanes of at least 4 members (excludes halogenated alkanes) is 12. The molecule has 0 radical (unpaired) electrons. The molecular weight excluding hydrogens is 312 g/mol. The van der Waals surface area contributed by atoms with Crippen LogP contribution in [0, 0.1) is 5.92 Å². The zero-order valence-electron chi connectivity index (χ0n) is 16.8. The zero-order chi connectivity index (χ0) is 18.3. The molecule has 1 N–H and O–H groups in total. The topological polar surface area (TPSA) is 49.8 Å². The van der Waals surface area contributed by atoms with Crippen LogP contribution in [-0.4, -0.2) is 23.3 Å². The van der Waals surface area contributed by atoms with E-state index in [1.165, 1.54) is 77.0 Å². The van der Waals surface area contributed by atoms with Crippen LogP contribution in [0.4, 0.5) is 0 Å². The molecule has 3 nitrogen and oxygen atoms in total. The SMILES string of the molecule is CCCCCCCCCCCCCCC1OC1C(CCCC)C(=O)O. The summed E-state index contributed by atoms with van der Waals surface area (Å²) in [6.45, 7) is 4.38. The Morgan fingerprint density at radius 3 is 1.76 bits per heavy atom. The number of carboxylic acid groups (broad SMARTS) is 1. The second-order valence-corrected chi connectivity index (χ2v) is 7.90. The molecule has 1 fully saturated rings. The lowest BCUT2D eigenvalue weighted by atomic mass is 9.95. The summed E-state index contributed by atoms with van der Waals surface area (Å²) in [5, 5.41) is 9.32. The molecule has 0 spiro atoms. The monoisotopic (exact) mass is 354 g/mol. The number of hydrogen-bond acceptors (Lipinski definition) is 2. The van der Waals surface area contributed by atoms with E-state index in [0.29, 0.717) is 0 Å². The normalized spacial score (nSPS) is 20.6. The van der Waals surface area contributed by atoms with Gasteiger partial charge in [-0.15, -0.1) is 0 Å². The zero-order valence-corrected chi connectivity index (χ0v) is 16.8. The Labute approximate surface area is 155 Å². The molecule has 1 aliphatic heterocycles. The van der Waals surface area contributed by atoms with Crippen molar-refractivity contribution in [1.82, 2.24) is 0 Å². The standard InChI is InChI=1S/C22H42O3/c1-3-5-7-8-9-10-11-12-13-14-15-16-18-20-21(25-20)19(22(23)24)17-6-4-2/h19-21H,3-18H2,1-2H3,(H,23,24). The second kappa shape index (κ2) is 14.6. The molecule has 1 saturated heterocycles. The Hall–Kier alpha value is -0.570. The maximum Gasteiger partial charge on any atom is 0.309 e. The van der Waals surface area contributed by atoms with Crippen molar-refractivity contribution >= 4 is 5.97 Å². The van der Waals surface area contributed by atoms with Crippen LogP contribution in [0.5, 0.6) is 0 Å². The minimum absolute atomic E-state index is 0.00300. The van der Waals surface area contributed by atoms with E-state index in [-0.39, 0.29) is 18.1 Å². The van der Waals surface area contributed by atoms with Crippen molar-refractivity contribution in [2.75, 3.05) is 0 Å². The molecule has 3 unspecified atom stereocenters. The Kier molecular flexibility index (Phi) is 13.1. The molecule has 1 rings (SSSR count). The van der Waals surface area contributed by atoms with E-state index in [1.54, 1.807) is 0 Å². The summed E-state index contributed by atoms with van der Waals surface area (Å²) in [5.74, 6) is -0.946. The quantitative estimate of drug-likeness (QED) is 0.219. The third kappa shape index (κ3) is 10.9. The Bertz CT molecular complexity index is 329. The first-order valence-corrected chi connectivity index (χ1v) is 11.1. The third-order valence-corrected chi connectivity index (χ3v) is 5.55. The fraction of sp³-hybridized carbons (Fsp3) is 0.955. The van der Waals surface area contributed by atoms with Crippen LogP contribution in [0.15, 0.2) is 0 Å². The van der Waals surface area contributed by atoms with E-state index in [9.17, 15) is 9.90 Å². The highest BCUT2D eigenvalue weighted by Crippen LogP contribution is 2.36. The van der Waals surface area contributed by atoms with Gasteiger partial charge in [-0.3, -0.25) is 4.79 Å². The van der Waals surface area contributed by atoms with Gasteiger partial charge in [0.05, 0.1) is 18.1 Å². The van der Waals surface area contributed by atoms with Gasteiger partial charge in [-0.25, -0.2) is 0 Å². The molecule has 1 aliphatic rings. The maximum atomic E-state index is 11.3. The highest BCUT2D eigenvalue weighted by Gasteiger charge is 2.46. The Balaban J connectivity index is 1.88. The molecule has 148 valence electrons. The summed E-state index contributed by atoms with van der Waals surface area (Å²) in [6.07, 6.45) is 20.4. The number of ether oxygens (including phenoxy) is 1. The van der Waals surface area contributed by atoms with Crippen LogP contribution >= 0.6 is 0 Å². The van der Waals surface area contributed by atoms with Crippen molar-refractivity contribution in [3.05, 3.63) is 0 Å². The lowest BCUT2D eigenvalue weighted by molar-refractivity contribution is -0.142. The molecule has 3 heteroatoms. The Morgan fingerprint density at radius 2 is 1.28 bits per heavy atom. The predicted octanol–water partition coefficient (Wildman–Crippen LogP) is 6.74. The van der Waals surface area contributed by atoms with Crippen LogP contribution in [0.25, 0.3) is 0 Å². The first kappa shape index (κ1) is 22.5. The van der Waals surface area contributed by atoms with E-state index < -0.39 is 5.97 Å². The van der Waals surface area contributed by atoms with Gasteiger partial charge in [0.2, 0.25) is 0 Å². The number of carboxylic acids is 1. The smallest absolute Gasteiger partial charge is 0.309 e. The summed E-state index contributed by atoms with van der Waals surface area (Å²) < 4.78 is 5.66. The van der Waals surface area contributed by atoms with Crippen LogP contribution < -0.4 is 0 Å². The van der Waals surface area contributed by atoms with Gasteiger partial charge in [-0.2, -0.15) is 0 Å². The van der Waals surface area contributed by atoms with Gasteiger partial charge in [-0.1, -0.05) is 104 Å². The highest BCUT2D eigenvalue weighted by molar-refractivity contribution is 5.71. The lowest BCUT2D eigenvalue weighted by Crippen LogP contribution is -2.21. The average molecular weight is 355 g/mol. The number of epoxide rings is 1. The van der Waals surface area contributed by atoms with Crippen LogP contribution in [0.1, 0.15) is 117 Å². The number of aliphatic carboxylic acids is 1. The number of hydrogen-bond donors (Lipinski definition) is 1. The van der Waals surface area contributed by atoms with Crippen LogP contribution in [0.2, 0.25) is 0 Å². The number of rotatable bonds is 18. The van der Waals surface area contributed by atoms with Gasteiger partial charge in [0.1, 0.15) is 0 Å². The van der Waals surface area contributed by atoms with E-state index in [1.807, 2.05) is 0 Å². The largest absolute Gasteiger partial charge is 0.481 e. The van der Waals surface area contributed by atoms with Crippen molar-refractivity contribution in [2.24, 2.45) is 5.92 Å². The summed E-state index contributed by atoms with van der Waals surface area (Å²) in [4.78, 5) is 11.3. The molecule has 25 heavy (non-hydrogen) atoms. The Morgan fingerprint density at radius 1 is 0.800 bits per heavy atom. The molecule has 0 aliphatic carbocycles. The van der Waals surface area contributed by atoms with Gasteiger partial charge in [0, 0.05) is 0 Å². The molecular formula is C22H42O3. The first-order valence-electron chi connectivity index (χ1n) is 11.1. The summed E-state index contributed by atoms with van der Waals surface area (Å²) in [7, 11) is 0. The summed E-state index contributed by atoms with van der Waals surface area (Å²) in [6, 6.07) is 0. The van der Waals surface area contributed by atoms with Crippen molar-refractivity contribution in [2.45, 2.75) is 129 Å². The minimum Gasteiger partial charge on any atom is -0.481 e. The van der Waals surface area contributed by atoms with Crippen LogP contribution in [0.3, 0.4) is 0 Å². The maximum absolute atomic E-state index is 11.3. The fourth-order valence-electron chi connectivity index (χ4n) is 3.78. The van der Waals surface area contributed by atoms with Gasteiger partial charge in [0.25, 0.3) is 0 Å². The van der Waals surface area contributed by atoms with Crippen molar-refractivity contribution in [3.8, 4) is 0 Å². The van der Waals surface area contributed by atoms with Gasteiger partial charge >= 0.3 is 5.97 Å². The predicted molar refractivity (Wildman–Crippen MR) is 105 cm³/mol. The van der Waals surface area contributed by atoms with Crippen molar-refractivity contribution in [3.63, 3.8) is 0 Å². The molecule has 0 aromatic carbocycles. The molecule has 0 bridgehead atoms. The van der Waals surface area contributed by atoms with Gasteiger partial charge in [-0.05, 0) is 12.8 Å². The molecule has 0 aromatic heterocycles. The van der Waals surface area contributed by atoms with Gasteiger partial charge in [0.15, 0.2) is 0 Å². The molecule has 0 saturated carbocycles.